The summed E-state index contributed by atoms with van der Waals surface area (Å²) in [6, 6.07) is 8.00. The van der Waals surface area contributed by atoms with Crippen molar-refractivity contribution in [3.63, 3.8) is 0 Å². The standard InChI is InChI=1S/C13H14BrN3O/c14-11-3-1-10(2-4-11)13-15-12-7-9(8-18)5-6-17(12)16-13/h1-4,9,18H,5-8H2. The molecule has 0 radical (unpaired) electrons. The van der Waals surface area contributed by atoms with Crippen LogP contribution in [0, 0.1) is 5.92 Å². The fourth-order valence-electron chi connectivity index (χ4n) is 2.25. The predicted molar refractivity (Wildman–Crippen MR) is 72.1 cm³/mol. The molecule has 1 aliphatic rings. The van der Waals surface area contributed by atoms with Gasteiger partial charge in [-0.3, -0.25) is 0 Å². The Kier molecular flexibility index (Phi) is 3.18. The average molecular weight is 308 g/mol. The Morgan fingerprint density at radius 2 is 2.11 bits per heavy atom. The van der Waals surface area contributed by atoms with Crippen molar-refractivity contribution in [2.75, 3.05) is 6.61 Å². The van der Waals surface area contributed by atoms with Gasteiger partial charge in [0.15, 0.2) is 5.82 Å². The maximum Gasteiger partial charge on any atom is 0.181 e. The van der Waals surface area contributed by atoms with Crippen molar-refractivity contribution in [2.24, 2.45) is 5.92 Å². The van der Waals surface area contributed by atoms with Crippen molar-refractivity contribution in [1.82, 2.24) is 14.8 Å². The Labute approximate surface area is 114 Å². The molecule has 2 aromatic rings. The summed E-state index contributed by atoms with van der Waals surface area (Å²) in [6.07, 6.45) is 1.80. The quantitative estimate of drug-likeness (QED) is 0.926. The molecule has 5 heteroatoms. The van der Waals surface area contributed by atoms with Gasteiger partial charge in [-0.2, -0.15) is 5.10 Å². The molecule has 0 bridgehead atoms. The number of fused-ring (bicyclic) bond motifs is 1. The van der Waals surface area contributed by atoms with E-state index in [1.165, 1.54) is 0 Å². The first-order chi connectivity index (χ1) is 8.76. The lowest BCUT2D eigenvalue weighted by molar-refractivity contribution is 0.196. The molecule has 94 valence electrons. The van der Waals surface area contributed by atoms with E-state index in [0.717, 1.165) is 41.1 Å². The lowest BCUT2D eigenvalue weighted by Gasteiger charge is -2.19. The number of halogens is 1. The molecule has 0 aliphatic carbocycles. The van der Waals surface area contributed by atoms with E-state index in [9.17, 15) is 5.11 Å². The third-order valence-electron chi connectivity index (χ3n) is 3.33. The highest BCUT2D eigenvalue weighted by molar-refractivity contribution is 9.10. The molecule has 0 spiro atoms. The minimum Gasteiger partial charge on any atom is -0.396 e. The predicted octanol–water partition coefficient (Wildman–Crippen LogP) is 2.26. The van der Waals surface area contributed by atoms with Gasteiger partial charge in [0.2, 0.25) is 0 Å². The molecule has 0 saturated heterocycles. The number of aromatic nitrogens is 3. The number of nitrogens with zero attached hydrogens (tertiary/aromatic N) is 3. The van der Waals surface area contributed by atoms with Gasteiger partial charge in [-0.25, -0.2) is 9.67 Å². The summed E-state index contributed by atoms with van der Waals surface area (Å²) in [6.45, 7) is 1.09. The first-order valence-corrected chi connectivity index (χ1v) is 6.86. The van der Waals surface area contributed by atoms with Crippen molar-refractivity contribution >= 4 is 15.9 Å². The van der Waals surface area contributed by atoms with Crippen LogP contribution >= 0.6 is 15.9 Å². The summed E-state index contributed by atoms with van der Waals surface area (Å²) in [5, 5.41) is 13.7. The SMILES string of the molecule is OCC1CCn2nc(-c3ccc(Br)cc3)nc2C1. The largest absolute Gasteiger partial charge is 0.396 e. The normalized spacial score (nSPS) is 18.7. The minimum atomic E-state index is 0.237. The summed E-state index contributed by atoms with van der Waals surface area (Å²) in [5.74, 6) is 2.09. The van der Waals surface area contributed by atoms with Gasteiger partial charge in [0.1, 0.15) is 5.82 Å². The number of aliphatic hydroxyl groups is 1. The van der Waals surface area contributed by atoms with Crippen molar-refractivity contribution < 1.29 is 5.11 Å². The highest BCUT2D eigenvalue weighted by Gasteiger charge is 2.21. The van der Waals surface area contributed by atoms with Crippen LogP contribution in [0.3, 0.4) is 0 Å². The van der Waals surface area contributed by atoms with Crippen molar-refractivity contribution in [3.8, 4) is 11.4 Å². The second kappa shape index (κ2) is 4.82. The lowest BCUT2D eigenvalue weighted by atomic mass is 9.99. The van der Waals surface area contributed by atoms with Crippen LogP contribution in [-0.4, -0.2) is 26.5 Å². The molecule has 1 atom stereocenters. The first-order valence-electron chi connectivity index (χ1n) is 6.07. The van der Waals surface area contributed by atoms with Crippen LogP contribution in [0.5, 0.6) is 0 Å². The molecule has 1 aromatic heterocycles. The highest BCUT2D eigenvalue weighted by atomic mass is 79.9. The first kappa shape index (κ1) is 11.9. The Bertz CT molecular complexity index is 550. The summed E-state index contributed by atoms with van der Waals surface area (Å²) >= 11 is 3.42. The van der Waals surface area contributed by atoms with E-state index in [1.807, 2.05) is 28.9 Å². The van der Waals surface area contributed by atoms with Crippen LogP contribution in [0.15, 0.2) is 28.7 Å². The molecule has 18 heavy (non-hydrogen) atoms. The van der Waals surface area contributed by atoms with E-state index in [-0.39, 0.29) is 6.61 Å². The molecule has 0 amide bonds. The molecule has 3 rings (SSSR count). The van der Waals surface area contributed by atoms with Gasteiger partial charge in [0.25, 0.3) is 0 Å². The van der Waals surface area contributed by atoms with Crippen LogP contribution in [0.4, 0.5) is 0 Å². The van der Waals surface area contributed by atoms with Gasteiger partial charge in [0, 0.05) is 29.6 Å². The maximum atomic E-state index is 9.21. The Morgan fingerprint density at radius 1 is 1.33 bits per heavy atom. The molecule has 0 saturated carbocycles. The summed E-state index contributed by atoms with van der Waals surface area (Å²) < 4.78 is 3.01. The molecule has 1 aliphatic heterocycles. The fraction of sp³-hybridized carbons (Fsp3) is 0.385. The molecule has 0 fully saturated rings. The van der Waals surface area contributed by atoms with Gasteiger partial charge >= 0.3 is 0 Å². The van der Waals surface area contributed by atoms with E-state index in [1.54, 1.807) is 0 Å². The van der Waals surface area contributed by atoms with E-state index in [2.05, 4.69) is 26.0 Å². The molecule has 1 unspecified atom stereocenters. The zero-order valence-electron chi connectivity index (χ0n) is 9.88. The molecule has 2 heterocycles. The third-order valence-corrected chi connectivity index (χ3v) is 3.86. The Hall–Kier alpha value is -1.20. The zero-order valence-corrected chi connectivity index (χ0v) is 11.5. The Morgan fingerprint density at radius 3 is 2.83 bits per heavy atom. The number of benzene rings is 1. The summed E-state index contributed by atoms with van der Waals surface area (Å²) in [7, 11) is 0. The topological polar surface area (TPSA) is 50.9 Å². The van der Waals surface area contributed by atoms with Crippen LogP contribution in [0.1, 0.15) is 12.2 Å². The van der Waals surface area contributed by atoms with Crippen LogP contribution in [0.25, 0.3) is 11.4 Å². The lowest BCUT2D eigenvalue weighted by Crippen LogP contribution is -2.22. The van der Waals surface area contributed by atoms with Gasteiger partial charge in [-0.05, 0) is 24.5 Å². The number of aryl methyl sites for hydroxylation is 1. The fourth-order valence-corrected chi connectivity index (χ4v) is 2.51. The molecular formula is C13H14BrN3O. The van der Waals surface area contributed by atoms with Gasteiger partial charge in [-0.1, -0.05) is 28.1 Å². The van der Waals surface area contributed by atoms with Crippen LogP contribution in [0.2, 0.25) is 0 Å². The third kappa shape index (κ3) is 2.20. The molecule has 1 aromatic carbocycles. The van der Waals surface area contributed by atoms with Crippen LogP contribution < -0.4 is 0 Å². The Balaban J connectivity index is 1.91. The maximum absolute atomic E-state index is 9.21. The molecule has 4 nitrogen and oxygen atoms in total. The number of aliphatic hydroxyl groups excluding tert-OH is 1. The smallest absolute Gasteiger partial charge is 0.181 e. The summed E-state index contributed by atoms with van der Waals surface area (Å²) in [5.41, 5.74) is 1.03. The van der Waals surface area contributed by atoms with Gasteiger partial charge < -0.3 is 5.11 Å². The van der Waals surface area contributed by atoms with E-state index >= 15 is 0 Å². The second-order valence-electron chi connectivity index (χ2n) is 4.62. The van der Waals surface area contributed by atoms with Crippen LogP contribution in [-0.2, 0) is 13.0 Å². The van der Waals surface area contributed by atoms with E-state index in [0.29, 0.717) is 5.92 Å². The van der Waals surface area contributed by atoms with Crippen molar-refractivity contribution in [2.45, 2.75) is 19.4 Å². The number of rotatable bonds is 2. The minimum absolute atomic E-state index is 0.237. The van der Waals surface area contributed by atoms with Gasteiger partial charge in [-0.15, -0.1) is 0 Å². The average Bonchev–Trinajstić information content (AvgIpc) is 2.82. The number of hydrogen-bond acceptors (Lipinski definition) is 3. The zero-order chi connectivity index (χ0) is 12.5. The van der Waals surface area contributed by atoms with E-state index < -0.39 is 0 Å². The van der Waals surface area contributed by atoms with Crippen molar-refractivity contribution in [1.29, 1.82) is 0 Å². The van der Waals surface area contributed by atoms with E-state index in [4.69, 9.17) is 0 Å². The summed E-state index contributed by atoms with van der Waals surface area (Å²) in [4.78, 5) is 4.57. The van der Waals surface area contributed by atoms with Crippen molar-refractivity contribution in [3.05, 3.63) is 34.6 Å². The van der Waals surface area contributed by atoms with Gasteiger partial charge in [0.05, 0.1) is 0 Å². The molecule has 1 N–H and O–H groups in total. The highest BCUT2D eigenvalue weighted by Crippen LogP contribution is 2.23. The number of hydrogen-bond donors (Lipinski definition) is 1. The molecular weight excluding hydrogens is 294 g/mol. The second-order valence-corrected chi connectivity index (χ2v) is 5.54. The monoisotopic (exact) mass is 307 g/mol.